The van der Waals surface area contributed by atoms with Gasteiger partial charge in [0.1, 0.15) is 0 Å². The van der Waals surface area contributed by atoms with Gasteiger partial charge in [-0.05, 0) is 30.8 Å². The molecule has 2 saturated heterocycles. The Morgan fingerprint density at radius 1 is 1.69 bits per heavy atom. The van der Waals surface area contributed by atoms with Crippen LogP contribution in [0.3, 0.4) is 0 Å². The second-order valence-corrected chi connectivity index (χ2v) is 5.02. The number of carbonyl (C=O) groups is 1. The molecule has 2 aliphatic rings. The lowest BCUT2D eigenvalue weighted by atomic mass is 10.1. The highest BCUT2D eigenvalue weighted by atomic mass is 32.2. The Bertz CT molecular complexity index is 204. The second kappa shape index (κ2) is 3.88. The van der Waals surface area contributed by atoms with Gasteiger partial charge in [-0.15, -0.1) is 0 Å². The molecule has 0 spiro atoms. The SMILES string of the molecule is CC1NCN(CC2CCSC2)C1=O. The molecule has 13 heavy (non-hydrogen) atoms. The van der Waals surface area contributed by atoms with Crippen LogP contribution < -0.4 is 5.32 Å². The molecule has 2 rings (SSSR count). The van der Waals surface area contributed by atoms with Crippen molar-refractivity contribution < 1.29 is 4.79 Å². The summed E-state index contributed by atoms with van der Waals surface area (Å²) in [7, 11) is 0. The van der Waals surface area contributed by atoms with Gasteiger partial charge in [0.2, 0.25) is 5.91 Å². The van der Waals surface area contributed by atoms with E-state index in [1.807, 2.05) is 23.6 Å². The summed E-state index contributed by atoms with van der Waals surface area (Å²) in [5, 5.41) is 3.16. The van der Waals surface area contributed by atoms with Gasteiger partial charge in [0.05, 0.1) is 12.7 Å². The first-order valence-electron chi connectivity index (χ1n) is 4.87. The van der Waals surface area contributed by atoms with E-state index in [2.05, 4.69) is 5.32 Å². The van der Waals surface area contributed by atoms with Gasteiger partial charge in [-0.25, -0.2) is 0 Å². The lowest BCUT2D eigenvalue weighted by molar-refractivity contribution is -0.129. The summed E-state index contributed by atoms with van der Waals surface area (Å²) in [6.45, 7) is 3.65. The smallest absolute Gasteiger partial charge is 0.240 e. The summed E-state index contributed by atoms with van der Waals surface area (Å²) < 4.78 is 0. The predicted molar refractivity (Wildman–Crippen MR) is 54.6 cm³/mol. The lowest BCUT2D eigenvalue weighted by Gasteiger charge is -2.18. The number of hydrogen-bond acceptors (Lipinski definition) is 3. The molecular weight excluding hydrogens is 184 g/mol. The summed E-state index contributed by atoms with van der Waals surface area (Å²) in [4.78, 5) is 13.5. The molecule has 0 aromatic carbocycles. The van der Waals surface area contributed by atoms with Crippen LogP contribution in [0, 0.1) is 5.92 Å². The fourth-order valence-corrected chi connectivity index (χ4v) is 3.15. The predicted octanol–water partition coefficient (Wildman–Crippen LogP) is 0.517. The van der Waals surface area contributed by atoms with Crippen LogP contribution in [0.5, 0.6) is 0 Å². The number of nitrogens with zero attached hydrogens (tertiary/aromatic N) is 1. The van der Waals surface area contributed by atoms with E-state index in [4.69, 9.17) is 0 Å². The van der Waals surface area contributed by atoms with E-state index >= 15 is 0 Å². The molecule has 0 bridgehead atoms. The van der Waals surface area contributed by atoms with Crippen molar-refractivity contribution in [1.29, 1.82) is 0 Å². The quantitative estimate of drug-likeness (QED) is 0.705. The first-order valence-corrected chi connectivity index (χ1v) is 6.03. The molecule has 2 heterocycles. The Morgan fingerprint density at radius 3 is 3.08 bits per heavy atom. The highest BCUT2D eigenvalue weighted by Crippen LogP contribution is 2.24. The molecule has 1 N–H and O–H groups in total. The molecule has 0 aromatic heterocycles. The zero-order valence-electron chi connectivity index (χ0n) is 7.95. The van der Waals surface area contributed by atoms with Gasteiger partial charge < -0.3 is 4.90 Å². The number of nitrogens with one attached hydrogen (secondary N) is 1. The largest absolute Gasteiger partial charge is 0.328 e. The minimum Gasteiger partial charge on any atom is -0.328 e. The number of rotatable bonds is 2. The third-order valence-corrected chi connectivity index (χ3v) is 4.00. The van der Waals surface area contributed by atoms with Crippen LogP contribution in [0.1, 0.15) is 13.3 Å². The highest BCUT2D eigenvalue weighted by Gasteiger charge is 2.29. The molecule has 2 unspecified atom stereocenters. The van der Waals surface area contributed by atoms with Gasteiger partial charge >= 0.3 is 0 Å². The molecular formula is C9H16N2OS. The normalized spacial score (nSPS) is 34.5. The molecule has 74 valence electrons. The van der Waals surface area contributed by atoms with E-state index in [9.17, 15) is 4.79 Å². The van der Waals surface area contributed by atoms with Gasteiger partial charge in [-0.3, -0.25) is 10.1 Å². The van der Waals surface area contributed by atoms with Gasteiger partial charge in [0.25, 0.3) is 0 Å². The van der Waals surface area contributed by atoms with Crippen LogP contribution in [0.15, 0.2) is 0 Å². The monoisotopic (exact) mass is 200 g/mol. The standard InChI is InChI=1S/C9H16N2OS/c1-7-9(12)11(6-10-7)4-8-2-3-13-5-8/h7-8,10H,2-6H2,1H3. The van der Waals surface area contributed by atoms with Crippen LogP contribution >= 0.6 is 11.8 Å². The summed E-state index contributed by atoms with van der Waals surface area (Å²) in [6, 6.07) is 0.0362. The Labute approximate surface area is 83.2 Å². The van der Waals surface area contributed by atoms with Crippen LogP contribution in [0.4, 0.5) is 0 Å². The van der Waals surface area contributed by atoms with Crippen molar-refractivity contribution in [3.8, 4) is 0 Å². The minimum atomic E-state index is 0.0362. The molecule has 0 aliphatic carbocycles. The molecule has 2 aliphatic heterocycles. The topological polar surface area (TPSA) is 32.3 Å². The van der Waals surface area contributed by atoms with E-state index in [1.54, 1.807) is 0 Å². The first-order chi connectivity index (χ1) is 6.27. The van der Waals surface area contributed by atoms with Crippen molar-refractivity contribution in [2.75, 3.05) is 24.7 Å². The van der Waals surface area contributed by atoms with Crippen molar-refractivity contribution in [3.63, 3.8) is 0 Å². The maximum absolute atomic E-state index is 11.5. The molecule has 1 amide bonds. The van der Waals surface area contributed by atoms with Gasteiger partial charge in [-0.1, -0.05) is 0 Å². The fraction of sp³-hybridized carbons (Fsp3) is 0.889. The van der Waals surface area contributed by atoms with Crippen LogP contribution in [-0.4, -0.2) is 41.6 Å². The molecule has 0 aromatic rings. The number of hydrogen-bond donors (Lipinski definition) is 1. The van der Waals surface area contributed by atoms with Crippen molar-refractivity contribution in [2.24, 2.45) is 5.92 Å². The van der Waals surface area contributed by atoms with E-state index in [0.29, 0.717) is 0 Å². The molecule has 2 fully saturated rings. The van der Waals surface area contributed by atoms with Crippen LogP contribution in [-0.2, 0) is 4.79 Å². The zero-order chi connectivity index (χ0) is 9.26. The van der Waals surface area contributed by atoms with E-state index < -0.39 is 0 Å². The Hall–Kier alpha value is -0.220. The molecule has 2 atom stereocenters. The maximum Gasteiger partial charge on any atom is 0.240 e. The number of carbonyl (C=O) groups excluding carboxylic acids is 1. The number of thioether (sulfide) groups is 1. The third kappa shape index (κ3) is 1.99. The van der Waals surface area contributed by atoms with Crippen molar-refractivity contribution in [3.05, 3.63) is 0 Å². The van der Waals surface area contributed by atoms with E-state index in [1.165, 1.54) is 17.9 Å². The minimum absolute atomic E-state index is 0.0362. The maximum atomic E-state index is 11.5. The first kappa shape index (κ1) is 9.34. The third-order valence-electron chi connectivity index (χ3n) is 2.77. The van der Waals surface area contributed by atoms with Crippen molar-refractivity contribution in [2.45, 2.75) is 19.4 Å². The summed E-state index contributed by atoms with van der Waals surface area (Å²) in [6.07, 6.45) is 1.28. The van der Waals surface area contributed by atoms with Gasteiger partial charge in [-0.2, -0.15) is 11.8 Å². The average molecular weight is 200 g/mol. The molecule has 3 nitrogen and oxygen atoms in total. The summed E-state index contributed by atoms with van der Waals surface area (Å²) in [5.74, 6) is 3.52. The highest BCUT2D eigenvalue weighted by molar-refractivity contribution is 7.99. The Balaban J connectivity index is 1.84. The average Bonchev–Trinajstić information content (AvgIpc) is 2.71. The Kier molecular flexibility index (Phi) is 2.79. The van der Waals surface area contributed by atoms with Crippen LogP contribution in [0.2, 0.25) is 0 Å². The molecule has 4 heteroatoms. The van der Waals surface area contributed by atoms with Crippen LogP contribution in [0.25, 0.3) is 0 Å². The van der Waals surface area contributed by atoms with Gasteiger partial charge in [0, 0.05) is 6.54 Å². The Morgan fingerprint density at radius 2 is 2.54 bits per heavy atom. The van der Waals surface area contributed by atoms with Crippen molar-refractivity contribution in [1.82, 2.24) is 10.2 Å². The lowest BCUT2D eigenvalue weighted by Crippen LogP contribution is -2.33. The summed E-state index contributed by atoms with van der Waals surface area (Å²) in [5.41, 5.74) is 0. The fourth-order valence-electron chi connectivity index (χ4n) is 1.88. The molecule has 0 radical (unpaired) electrons. The zero-order valence-corrected chi connectivity index (χ0v) is 8.77. The molecule has 0 saturated carbocycles. The van der Waals surface area contributed by atoms with E-state index in [-0.39, 0.29) is 11.9 Å². The van der Waals surface area contributed by atoms with Gasteiger partial charge in [0.15, 0.2) is 0 Å². The van der Waals surface area contributed by atoms with Crippen molar-refractivity contribution >= 4 is 17.7 Å². The van der Waals surface area contributed by atoms with E-state index in [0.717, 1.165) is 19.1 Å². The number of amides is 1. The second-order valence-electron chi connectivity index (χ2n) is 3.87. The summed E-state index contributed by atoms with van der Waals surface area (Å²) >= 11 is 2.01.